The van der Waals surface area contributed by atoms with Crippen LogP contribution in [0.1, 0.15) is 42.0 Å². The highest BCUT2D eigenvalue weighted by atomic mass is 16.5. The maximum absolute atomic E-state index is 12.4. The fraction of sp³-hybridized carbons (Fsp3) is 0.667. The van der Waals surface area contributed by atoms with Gasteiger partial charge < -0.3 is 14.7 Å². The Kier molecular flexibility index (Phi) is 5.19. The molecule has 1 unspecified atom stereocenters. The third-order valence-corrected chi connectivity index (χ3v) is 4.14. The number of carbonyl (C=O) groups is 1. The lowest BCUT2D eigenvalue weighted by Gasteiger charge is -2.22. The van der Waals surface area contributed by atoms with Crippen LogP contribution in [0.5, 0.6) is 0 Å². The lowest BCUT2D eigenvalue weighted by Crippen LogP contribution is -2.32. The molecule has 9 nitrogen and oxygen atoms in total. The van der Waals surface area contributed by atoms with Crippen LogP contribution in [0.25, 0.3) is 0 Å². The lowest BCUT2D eigenvalue weighted by molar-refractivity contribution is 0.0774. The van der Waals surface area contributed by atoms with Crippen molar-refractivity contribution in [1.29, 1.82) is 0 Å². The van der Waals surface area contributed by atoms with Gasteiger partial charge in [0.2, 0.25) is 5.89 Å². The van der Waals surface area contributed by atoms with E-state index in [0.717, 1.165) is 19.6 Å². The van der Waals surface area contributed by atoms with Gasteiger partial charge in [-0.25, -0.2) is 0 Å². The molecule has 9 heteroatoms. The molecule has 1 fully saturated rings. The largest absolute Gasteiger partial charge is 0.339 e. The zero-order chi connectivity index (χ0) is 16.9. The first-order valence-corrected chi connectivity index (χ1v) is 8.33. The highest BCUT2D eigenvalue weighted by molar-refractivity contribution is 5.91. The molecule has 0 aliphatic carbocycles. The van der Waals surface area contributed by atoms with Crippen LogP contribution in [0, 0.1) is 5.92 Å². The predicted molar refractivity (Wildman–Crippen MR) is 85.1 cm³/mol. The summed E-state index contributed by atoms with van der Waals surface area (Å²) in [5, 5.41) is 15.3. The summed E-state index contributed by atoms with van der Waals surface area (Å²) in [6.45, 7) is 5.06. The number of aryl methyl sites for hydroxylation is 1. The van der Waals surface area contributed by atoms with Gasteiger partial charge in [0.05, 0.1) is 12.7 Å². The Morgan fingerprint density at radius 2 is 2.42 bits per heavy atom. The van der Waals surface area contributed by atoms with Crippen LogP contribution in [0.2, 0.25) is 0 Å². The summed E-state index contributed by atoms with van der Waals surface area (Å²) in [4.78, 5) is 18.2. The lowest BCUT2D eigenvalue weighted by atomic mass is 10.00. The molecule has 130 valence electrons. The highest BCUT2D eigenvalue weighted by Gasteiger charge is 2.20. The summed E-state index contributed by atoms with van der Waals surface area (Å²) in [5.41, 5.74) is 0.334. The average Bonchev–Trinajstić information content (AvgIpc) is 3.24. The van der Waals surface area contributed by atoms with Crippen LogP contribution >= 0.6 is 0 Å². The van der Waals surface area contributed by atoms with E-state index in [1.807, 2.05) is 6.92 Å². The van der Waals surface area contributed by atoms with E-state index in [-0.39, 0.29) is 12.5 Å². The van der Waals surface area contributed by atoms with E-state index in [9.17, 15) is 4.79 Å². The van der Waals surface area contributed by atoms with E-state index in [2.05, 4.69) is 25.8 Å². The predicted octanol–water partition coefficient (Wildman–Crippen LogP) is 0.495. The Bertz CT molecular complexity index is 675. The topological polar surface area (TPSA) is 102 Å². The van der Waals surface area contributed by atoms with Crippen molar-refractivity contribution in [3.63, 3.8) is 0 Å². The number of hydrogen-bond acceptors (Lipinski definition) is 7. The molecule has 1 N–H and O–H groups in total. The minimum Gasteiger partial charge on any atom is -0.339 e. The first kappa shape index (κ1) is 16.6. The summed E-state index contributed by atoms with van der Waals surface area (Å²) in [6, 6.07) is 0. The van der Waals surface area contributed by atoms with E-state index < -0.39 is 0 Å². The smallest absolute Gasteiger partial charge is 0.276 e. The van der Waals surface area contributed by atoms with Crippen molar-refractivity contribution in [2.45, 2.75) is 39.3 Å². The van der Waals surface area contributed by atoms with Crippen LogP contribution in [0.3, 0.4) is 0 Å². The molecule has 24 heavy (non-hydrogen) atoms. The molecule has 0 saturated carbocycles. The molecular weight excluding hydrogens is 310 g/mol. The summed E-state index contributed by atoms with van der Waals surface area (Å²) in [5.74, 6) is 1.39. The van der Waals surface area contributed by atoms with Gasteiger partial charge in [0.25, 0.3) is 5.91 Å². The second-order valence-corrected chi connectivity index (χ2v) is 6.16. The van der Waals surface area contributed by atoms with Gasteiger partial charge in [-0.2, -0.15) is 4.98 Å². The van der Waals surface area contributed by atoms with E-state index >= 15 is 0 Å². The SMILES string of the molecule is CCc1nc(CN(C)C(=O)c2cn(CC3CCCNC3)nn2)no1. The fourth-order valence-corrected chi connectivity index (χ4v) is 2.81. The number of rotatable bonds is 6. The Morgan fingerprint density at radius 1 is 1.54 bits per heavy atom. The second-order valence-electron chi connectivity index (χ2n) is 6.16. The number of nitrogens with zero attached hydrogens (tertiary/aromatic N) is 6. The Hall–Kier alpha value is -2.29. The maximum Gasteiger partial charge on any atom is 0.276 e. The number of aromatic nitrogens is 5. The van der Waals surface area contributed by atoms with Gasteiger partial charge in [-0.1, -0.05) is 17.3 Å². The number of amides is 1. The Balaban J connectivity index is 1.57. The minimum absolute atomic E-state index is 0.203. The van der Waals surface area contributed by atoms with Gasteiger partial charge in [0, 0.05) is 20.0 Å². The number of carbonyl (C=O) groups excluding carboxylic acids is 1. The summed E-state index contributed by atoms with van der Waals surface area (Å²) in [7, 11) is 1.69. The van der Waals surface area contributed by atoms with Gasteiger partial charge in [0.1, 0.15) is 0 Å². The molecule has 3 rings (SSSR count). The number of hydrogen-bond donors (Lipinski definition) is 1. The quantitative estimate of drug-likeness (QED) is 0.821. The van der Waals surface area contributed by atoms with Gasteiger partial charge in [-0.15, -0.1) is 5.10 Å². The van der Waals surface area contributed by atoms with Crippen molar-refractivity contribution < 1.29 is 9.32 Å². The van der Waals surface area contributed by atoms with Gasteiger partial charge in [-0.05, 0) is 31.8 Å². The van der Waals surface area contributed by atoms with E-state index in [0.29, 0.717) is 29.7 Å². The van der Waals surface area contributed by atoms with Gasteiger partial charge >= 0.3 is 0 Å². The molecule has 1 saturated heterocycles. The van der Waals surface area contributed by atoms with Gasteiger partial charge in [0.15, 0.2) is 11.5 Å². The zero-order valence-electron chi connectivity index (χ0n) is 14.1. The molecule has 0 radical (unpaired) electrons. The summed E-state index contributed by atoms with van der Waals surface area (Å²) in [6.07, 6.45) is 4.74. The van der Waals surface area contributed by atoms with Crippen LogP contribution in [-0.2, 0) is 19.5 Å². The van der Waals surface area contributed by atoms with Crippen molar-refractivity contribution >= 4 is 5.91 Å². The molecule has 0 aromatic carbocycles. The van der Waals surface area contributed by atoms with Crippen molar-refractivity contribution in [2.75, 3.05) is 20.1 Å². The molecule has 0 bridgehead atoms. The first-order valence-electron chi connectivity index (χ1n) is 8.33. The third-order valence-electron chi connectivity index (χ3n) is 4.14. The van der Waals surface area contributed by atoms with Crippen LogP contribution in [-0.4, -0.2) is 56.1 Å². The van der Waals surface area contributed by atoms with Crippen LogP contribution < -0.4 is 5.32 Å². The first-order chi connectivity index (χ1) is 11.7. The molecule has 0 spiro atoms. The number of piperidine rings is 1. The van der Waals surface area contributed by atoms with Crippen molar-refractivity contribution in [3.05, 3.63) is 23.6 Å². The Labute approximate surface area is 140 Å². The second kappa shape index (κ2) is 7.52. The van der Waals surface area contributed by atoms with Crippen molar-refractivity contribution in [3.8, 4) is 0 Å². The van der Waals surface area contributed by atoms with E-state index in [4.69, 9.17) is 4.52 Å². The normalized spacial score (nSPS) is 17.8. The van der Waals surface area contributed by atoms with Crippen LogP contribution in [0.15, 0.2) is 10.7 Å². The monoisotopic (exact) mass is 333 g/mol. The zero-order valence-corrected chi connectivity index (χ0v) is 14.1. The molecule has 1 atom stereocenters. The molecule has 2 aromatic rings. The third kappa shape index (κ3) is 3.97. The Morgan fingerprint density at radius 3 is 3.12 bits per heavy atom. The van der Waals surface area contributed by atoms with E-state index in [1.54, 1.807) is 17.9 Å². The molecular formula is C15H23N7O2. The molecule has 2 aromatic heterocycles. The van der Waals surface area contributed by atoms with Crippen LogP contribution in [0.4, 0.5) is 0 Å². The molecule has 1 amide bonds. The van der Waals surface area contributed by atoms with E-state index in [1.165, 1.54) is 17.7 Å². The maximum atomic E-state index is 12.4. The molecule has 1 aliphatic rings. The van der Waals surface area contributed by atoms with Crippen molar-refractivity contribution in [1.82, 2.24) is 35.4 Å². The summed E-state index contributed by atoms with van der Waals surface area (Å²) < 4.78 is 6.80. The number of nitrogens with one attached hydrogen (secondary N) is 1. The fourth-order valence-electron chi connectivity index (χ4n) is 2.81. The average molecular weight is 333 g/mol. The van der Waals surface area contributed by atoms with Crippen molar-refractivity contribution in [2.24, 2.45) is 5.92 Å². The summed E-state index contributed by atoms with van der Waals surface area (Å²) >= 11 is 0. The highest BCUT2D eigenvalue weighted by Crippen LogP contribution is 2.12. The molecule has 1 aliphatic heterocycles. The van der Waals surface area contributed by atoms with Gasteiger partial charge in [-0.3, -0.25) is 9.48 Å². The molecule has 3 heterocycles. The standard InChI is InChI=1S/C15H23N7O2/c1-3-14-17-13(19-24-14)10-21(2)15(23)12-9-22(20-18-12)8-11-5-4-6-16-7-11/h9,11,16H,3-8,10H2,1-2H3. The minimum atomic E-state index is -0.203.